The number of benzene rings is 2. The highest BCUT2D eigenvalue weighted by molar-refractivity contribution is 7.89. The van der Waals surface area contributed by atoms with Gasteiger partial charge in [0.1, 0.15) is 0 Å². The first-order valence-electron chi connectivity index (χ1n) is 9.88. The standard InChI is InChI=1S/C20H18F2N4O5S2/c1-11-2-3-13(26(28)29)8-18(11)33(30,31)25-6-4-12(5-7-25)19(27)24-20-23-16-9-14(21)15(22)10-17(16)32-20/h2-3,8-10,12H,4-7H2,1H3,(H,23,24,27). The molecule has 0 spiro atoms. The first kappa shape index (κ1) is 23.1. The highest BCUT2D eigenvalue weighted by Crippen LogP contribution is 2.31. The maximum absolute atomic E-state index is 13.4. The Labute approximate surface area is 191 Å². The molecule has 2 aromatic carbocycles. The molecule has 0 aliphatic carbocycles. The molecule has 13 heteroatoms. The Morgan fingerprint density at radius 2 is 1.88 bits per heavy atom. The average Bonchev–Trinajstić information content (AvgIpc) is 3.14. The Morgan fingerprint density at radius 3 is 2.55 bits per heavy atom. The Morgan fingerprint density at radius 1 is 1.21 bits per heavy atom. The summed E-state index contributed by atoms with van der Waals surface area (Å²) in [7, 11) is -3.97. The van der Waals surface area contributed by atoms with Gasteiger partial charge in [-0.3, -0.25) is 14.9 Å². The van der Waals surface area contributed by atoms with Crippen LogP contribution in [0.15, 0.2) is 35.2 Å². The van der Waals surface area contributed by atoms with E-state index in [4.69, 9.17) is 0 Å². The van der Waals surface area contributed by atoms with Crippen LogP contribution in [0.5, 0.6) is 0 Å². The number of thiazole rings is 1. The lowest BCUT2D eigenvalue weighted by Crippen LogP contribution is -2.41. The van der Waals surface area contributed by atoms with E-state index in [9.17, 15) is 32.1 Å². The molecule has 33 heavy (non-hydrogen) atoms. The van der Waals surface area contributed by atoms with Crippen LogP contribution >= 0.6 is 11.3 Å². The van der Waals surface area contributed by atoms with E-state index in [-0.39, 0.29) is 53.1 Å². The predicted octanol–water partition coefficient (Wildman–Crippen LogP) is 3.83. The van der Waals surface area contributed by atoms with Gasteiger partial charge in [0.05, 0.1) is 20.0 Å². The van der Waals surface area contributed by atoms with Crippen LogP contribution in [-0.4, -0.2) is 41.6 Å². The summed E-state index contributed by atoms with van der Waals surface area (Å²) in [6.45, 7) is 1.70. The smallest absolute Gasteiger partial charge is 0.270 e. The number of nitrogens with zero attached hydrogens (tertiary/aromatic N) is 3. The lowest BCUT2D eigenvalue weighted by atomic mass is 9.97. The van der Waals surface area contributed by atoms with E-state index in [0.717, 1.165) is 29.5 Å². The fraction of sp³-hybridized carbons (Fsp3) is 0.300. The molecular weight excluding hydrogens is 478 g/mol. The molecule has 4 rings (SSSR count). The third kappa shape index (κ3) is 4.56. The summed E-state index contributed by atoms with van der Waals surface area (Å²) in [6, 6.07) is 5.65. The monoisotopic (exact) mass is 496 g/mol. The van der Waals surface area contributed by atoms with Gasteiger partial charge in [0.2, 0.25) is 15.9 Å². The molecule has 1 saturated heterocycles. The van der Waals surface area contributed by atoms with Gasteiger partial charge in [0.25, 0.3) is 5.69 Å². The highest BCUT2D eigenvalue weighted by Gasteiger charge is 2.34. The van der Waals surface area contributed by atoms with Crippen LogP contribution in [0.3, 0.4) is 0 Å². The molecule has 1 aromatic heterocycles. The summed E-state index contributed by atoms with van der Waals surface area (Å²) in [6.07, 6.45) is 0.486. The molecule has 0 unspecified atom stereocenters. The third-order valence-electron chi connectivity index (χ3n) is 5.49. The van der Waals surface area contributed by atoms with Crippen LogP contribution in [0.4, 0.5) is 19.6 Å². The third-order valence-corrected chi connectivity index (χ3v) is 8.46. The molecule has 0 radical (unpaired) electrons. The predicted molar refractivity (Wildman–Crippen MR) is 117 cm³/mol. The van der Waals surface area contributed by atoms with Crippen molar-refractivity contribution >= 4 is 48.3 Å². The fourth-order valence-corrected chi connectivity index (χ4v) is 6.25. The largest absolute Gasteiger partial charge is 0.302 e. The van der Waals surface area contributed by atoms with E-state index in [2.05, 4.69) is 10.3 Å². The molecule has 0 atom stereocenters. The van der Waals surface area contributed by atoms with Gasteiger partial charge in [0, 0.05) is 37.2 Å². The summed E-state index contributed by atoms with van der Waals surface area (Å²) in [5, 5.41) is 13.9. The number of nitrogens with one attached hydrogen (secondary N) is 1. The zero-order valence-electron chi connectivity index (χ0n) is 17.2. The summed E-state index contributed by atoms with van der Waals surface area (Å²) < 4.78 is 54.4. The van der Waals surface area contributed by atoms with E-state index < -0.39 is 32.5 Å². The Balaban J connectivity index is 1.44. The number of sulfonamides is 1. The van der Waals surface area contributed by atoms with Crippen LogP contribution in [-0.2, 0) is 14.8 Å². The van der Waals surface area contributed by atoms with Crippen molar-refractivity contribution in [1.29, 1.82) is 0 Å². The van der Waals surface area contributed by atoms with E-state index in [0.29, 0.717) is 10.3 Å². The number of piperidine rings is 1. The van der Waals surface area contributed by atoms with Crippen molar-refractivity contribution in [2.45, 2.75) is 24.7 Å². The van der Waals surface area contributed by atoms with Crippen LogP contribution in [0.1, 0.15) is 18.4 Å². The summed E-state index contributed by atoms with van der Waals surface area (Å²) in [5.74, 6) is -2.88. The Kier molecular flexibility index (Phi) is 6.12. The maximum atomic E-state index is 13.4. The zero-order valence-corrected chi connectivity index (χ0v) is 18.9. The molecule has 174 valence electrons. The lowest BCUT2D eigenvalue weighted by Gasteiger charge is -2.30. The first-order valence-corrected chi connectivity index (χ1v) is 12.1. The number of carbonyl (C=O) groups is 1. The molecule has 1 amide bonds. The number of aromatic nitrogens is 1. The number of nitro benzene ring substituents is 1. The summed E-state index contributed by atoms with van der Waals surface area (Å²) in [4.78, 5) is 27.0. The van der Waals surface area contributed by atoms with Crippen LogP contribution < -0.4 is 5.32 Å². The normalized spacial score (nSPS) is 15.6. The second-order valence-corrected chi connectivity index (χ2v) is 10.6. The van der Waals surface area contributed by atoms with Crippen LogP contribution in [0, 0.1) is 34.6 Å². The molecule has 3 aromatic rings. The quantitative estimate of drug-likeness (QED) is 0.423. The topological polar surface area (TPSA) is 123 Å². The Bertz CT molecular complexity index is 1330. The fourth-order valence-electron chi connectivity index (χ4n) is 3.66. The number of aryl methyl sites for hydroxylation is 1. The number of amides is 1. The number of carbonyl (C=O) groups excluding carboxylic acids is 1. The van der Waals surface area contributed by atoms with Crippen molar-refractivity contribution in [3.63, 3.8) is 0 Å². The van der Waals surface area contributed by atoms with Gasteiger partial charge in [0.15, 0.2) is 16.8 Å². The van der Waals surface area contributed by atoms with Gasteiger partial charge in [-0.2, -0.15) is 4.31 Å². The highest BCUT2D eigenvalue weighted by atomic mass is 32.2. The summed E-state index contributed by atoms with van der Waals surface area (Å²) in [5.41, 5.74) is 0.302. The lowest BCUT2D eigenvalue weighted by molar-refractivity contribution is -0.385. The molecular formula is C20H18F2N4O5S2. The number of anilines is 1. The van der Waals surface area contributed by atoms with Gasteiger partial charge in [-0.25, -0.2) is 22.2 Å². The van der Waals surface area contributed by atoms with Crippen molar-refractivity contribution in [3.05, 3.63) is 57.6 Å². The Hall–Kier alpha value is -3.03. The number of hydrogen-bond acceptors (Lipinski definition) is 7. The SMILES string of the molecule is Cc1ccc([N+](=O)[O-])cc1S(=O)(=O)N1CCC(C(=O)Nc2nc3cc(F)c(F)cc3s2)CC1. The zero-order chi connectivity index (χ0) is 23.9. The van der Waals surface area contributed by atoms with Gasteiger partial charge in [-0.1, -0.05) is 17.4 Å². The van der Waals surface area contributed by atoms with Crippen molar-refractivity contribution in [3.8, 4) is 0 Å². The van der Waals surface area contributed by atoms with Gasteiger partial charge >= 0.3 is 0 Å². The van der Waals surface area contributed by atoms with E-state index in [1.165, 1.54) is 16.4 Å². The minimum Gasteiger partial charge on any atom is -0.302 e. The van der Waals surface area contributed by atoms with Crippen molar-refractivity contribution < 1.29 is 26.9 Å². The number of halogens is 2. The number of non-ortho nitro benzene ring substituents is 1. The molecule has 1 fully saturated rings. The molecule has 1 N–H and O–H groups in total. The second kappa shape index (κ2) is 8.72. The van der Waals surface area contributed by atoms with Gasteiger partial charge in [-0.05, 0) is 31.4 Å². The first-order chi connectivity index (χ1) is 15.6. The van der Waals surface area contributed by atoms with Gasteiger partial charge < -0.3 is 5.32 Å². The molecule has 1 aliphatic rings. The van der Waals surface area contributed by atoms with Crippen LogP contribution in [0.2, 0.25) is 0 Å². The molecule has 2 heterocycles. The van der Waals surface area contributed by atoms with Crippen molar-refractivity contribution in [1.82, 2.24) is 9.29 Å². The van der Waals surface area contributed by atoms with Crippen molar-refractivity contribution in [2.75, 3.05) is 18.4 Å². The maximum Gasteiger partial charge on any atom is 0.270 e. The van der Waals surface area contributed by atoms with E-state index in [1.54, 1.807) is 6.92 Å². The molecule has 0 bridgehead atoms. The summed E-state index contributed by atoms with van der Waals surface area (Å²) >= 11 is 1.01. The molecule has 1 aliphatic heterocycles. The van der Waals surface area contributed by atoms with E-state index in [1.807, 2.05) is 0 Å². The molecule has 0 saturated carbocycles. The van der Waals surface area contributed by atoms with Gasteiger partial charge in [-0.15, -0.1) is 0 Å². The number of hydrogen-bond donors (Lipinski definition) is 1. The number of fused-ring (bicyclic) bond motifs is 1. The minimum atomic E-state index is -3.97. The van der Waals surface area contributed by atoms with Crippen molar-refractivity contribution in [2.24, 2.45) is 5.92 Å². The number of nitro groups is 1. The second-order valence-electron chi connectivity index (χ2n) is 7.63. The molecule has 9 nitrogen and oxygen atoms in total. The van der Waals surface area contributed by atoms with E-state index >= 15 is 0 Å². The average molecular weight is 497 g/mol. The van der Waals surface area contributed by atoms with Crippen LogP contribution in [0.25, 0.3) is 10.2 Å². The number of rotatable bonds is 5. The minimum absolute atomic E-state index is 0.0683.